The number of aliphatic hydroxyl groups is 1. The molecule has 1 fully saturated rings. The van der Waals surface area contributed by atoms with E-state index in [-0.39, 0.29) is 19.6 Å². The SMILES string of the molecule is CCOC(=O)[C@H]1O[C@H]1[C@H](O)[C@H](CCc1ccccc1)NC(=O)[C@H](Cc1ccccc1)NC(=O)OCc1ccccc1. The third-order valence-electron chi connectivity index (χ3n) is 6.81. The summed E-state index contributed by atoms with van der Waals surface area (Å²) in [7, 11) is 0. The molecule has 41 heavy (non-hydrogen) atoms. The predicted octanol–water partition coefficient (Wildman–Crippen LogP) is 3.33. The Balaban J connectivity index is 1.46. The highest BCUT2D eigenvalue weighted by Gasteiger charge is 2.53. The Labute approximate surface area is 239 Å². The van der Waals surface area contributed by atoms with Crippen molar-refractivity contribution in [1.29, 1.82) is 0 Å². The van der Waals surface area contributed by atoms with Gasteiger partial charge >= 0.3 is 12.1 Å². The third kappa shape index (κ3) is 9.16. The van der Waals surface area contributed by atoms with Gasteiger partial charge in [-0.3, -0.25) is 4.79 Å². The van der Waals surface area contributed by atoms with E-state index in [4.69, 9.17) is 14.2 Å². The van der Waals surface area contributed by atoms with Crippen LogP contribution in [0.5, 0.6) is 0 Å². The summed E-state index contributed by atoms with van der Waals surface area (Å²) >= 11 is 0. The van der Waals surface area contributed by atoms with Crippen molar-refractivity contribution in [3.63, 3.8) is 0 Å². The quantitative estimate of drug-likeness (QED) is 0.204. The van der Waals surface area contributed by atoms with E-state index in [1.165, 1.54) is 0 Å². The second kappa shape index (κ2) is 15.0. The highest BCUT2D eigenvalue weighted by molar-refractivity contribution is 5.86. The average Bonchev–Trinajstić information content (AvgIpc) is 3.80. The van der Waals surface area contributed by atoms with Crippen molar-refractivity contribution in [3.05, 3.63) is 108 Å². The van der Waals surface area contributed by atoms with Gasteiger partial charge in [0.2, 0.25) is 5.91 Å². The lowest BCUT2D eigenvalue weighted by molar-refractivity contribution is -0.144. The fourth-order valence-corrected chi connectivity index (χ4v) is 4.57. The molecule has 9 heteroatoms. The van der Waals surface area contributed by atoms with Crippen LogP contribution in [-0.2, 0) is 43.2 Å². The van der Waals surface area contributed by atoms with Crippen molar-refractivity contribution in [2.24, 2.45) is 0 Å². The minimum absolute atomic E-state index is 0.0546. The standard InChI is InChI=1S/C32H36N2O7/c1-2-39-31(37)29-28(41-29)27(35)25(19-18-22-12-6-3-7-13-22)33-30(36)26(20-23-14-8-4-9-15-23)34-32(38)40-21-24-16-10-5-11-17-24/h3-17,25-29,35H,2,18-21H2,1H3,(H,33,36)(H,34,38)/t25-,26-,27+,28-,29-/m0/s1. The van der Waals surface area contributed by atoms with Gasteiger partial charge in [0.25, 0.3) is 0 Å². The molecule has 5 atom stereocenters. The smallest absolute Gasteiger partial charge is 0.408 e. The summed E-state index contributed by atoms with van der Waals surface area (Å²) < 4.78 is 15.8. The summed E-state index contributed by atoms with van der Waals surface area (Å²) in [6, 6.07) is 26.5. The predicted molar refractivity (Wildman–Crippen MR) is 152 cm³/mol. The molecule has 2 amide bonds. The number of carbonyl (C=O) groups is 3. The van der Waals surface area contributed by atoms with Crippen LogP contribution in [0.3, 0.4) is 0 Å². The van der Waals surface area contributed by atoms with Crippen LogP contribution in [0.4, 0.5) is 4.79 Å². The molecule has 1 heterocycles. The number of ether oxygens (including phenoxy) is 3. The molecule has 1 aliphatic heterocycles. The van der Waals surface area contributed by atoms with Gasteiger partial charge in [-0.05, 0) is 36.5 Å². The maximum Gasteiger partial charge on any atom is 0.408 e. The minimum atomic E-state index is -1.17. The zero-order valence-corrected chi connectivity index (χ0v) is 23.0. The summed E-state index contributed by atoms with van der Waals surface area (Å²) in [5.74, 6) is -1.04. The summed E-state index contributed by atoms with van der Waals surface area (Å²) in [5.41, 5.74) is 2.68. The maximum absolute atomic E-state index is 13.6. The zero-order chi connectivity index (χ0) is 29.0. The number of esters is 1. The number of alkyl carbamates (subject to hydrolysis) is 1. The van der Waals surface area contributed by atoms with Crippen molar-refractivity contribution < 1.29 is 33.7 Å². The van der Waals surface area contributed by atoms with E-state index < -0.39 is 48.4 Å². The number of aryl methyl sites for hydroxylation is 1. The molecule has 0 radical (unpaired) electrons. The molecule has 0 aliphatic carbocycles. The van der Waals surface area contributed by atoms with Crippen molar-refractivity contribution in [2.75, 3.05) is 6.61 Å². The van der Waals surface area contributed by atoms with E-state index in [1.54, 1.807) is 6.92 Å². The van der Waals surface area contributed by atoms with Crippen molar-refractivity contribution >= 4 is 18.0 Å². The van der Waals surface area contributed by atoms with Crippen LogP contribution in [0.15, 0.2) is 91.0 Å². The molecule has 0 aromatic heterocycles. The fourth-order valence-electron chi connectivity index (χ4n) is 4.57. The Morgan fingerprint density at radius 3 is 2.02 bits per heavy atom. The summed E-state index contributed by atoms with van der Waals surface area (Å²) in [6.07, 6.45) is -2.43. The van der Waals surface area contributed by atoms with E-state index >= 15 is 0 Å². The molecule has 0 spiro atoms. The zero-order valence-electron chi connectivity index (χ0n) is 23.0. The molecule has 1 aliphatic rings. The van der Waals surface area contributed by atoms with Gasteiger partial charge in [-0.25, -0.2) is 9.59 Å². The first kappa shape index (κ1) is 29.8. The van der Waals surface area contributed by atoms with Crippen molar-refractivity contribution in [2.45, 2.75) is 63.2 Å². The van der Waals surface area contributed by atoms with Crippen LogP contribution in [-0.4, -0.2) is 60.1 Å². The van der Waals surface area contributed by atoms with Crippen LogP contribution >= 0.6 is 0 Å². The monoisotopic (exact) mass is 560 g/mol. The van der Waals surface area contributed by atoms with Gasteiger partial charge in [0.1, 0.15) is 24.9 Å². The molecule has 3 aromatic rings. The van der Waals surface area contributed by atoms with E-state index in [1.807, 2.05) is 91.0 Å². The van der Waals surface area contributed by atoms with Gasteiger partial charge in [0.15, 0.2) is 6.10 Å². The average molecular weight is 561 g/mol. The summed E-state index contributed by atoms with van der Waals surface area (Å²) in [6.45, 7) is 1.95. The number of aliphatic hydroxyl groups excluding tert-OH is 1. The van der Waals surface area contributed by atoms with E-state index in [0.717, 1.165) is 16.7 Å². The van der Waals surface area contributed by atoms with Crippen LogP contribution in [0.25, 0.3) is 0 Å². The Kier molecular flexibility index (Phi) is 10.9. The molecule has 3 N–H and O–H groups in total. The van der Waals surface area contributed by atoms with Crippen LogP contribution in [0.1, 0.15) is 30.0 Å². The first-order valence-electron chi connectivity index (χ1n) is 13.8. The molecule has 216 valence electrons. The molecule has 0 unspecified atom stereocenters. The number of epoxide rings is 1. The largest absolute Gasteiger partial charge is 0.464 e. The van der Waals surface area contributed by atoms with Crippen LogP contribution in [0.2, 0.25) is 0 Å². The third-order valence-corrected chi connectivity index (χ3v) is 6.81. The number of rotatable bonds is 14. The van der Waals surface area contributed by atoms with Crippen molar-refractivity contribution in [3.8, 4) is 0 Å². The molecule has 0 bridgehead atoms. The molecular formula is C32H36N2O7. The summed E-state index contributed by atoms with van der Waals surface area (Å²) in [5, 5.41) is 16.8. The maximum atomic E-state index is 13.6. The highest BCUT2D eigenvalue weighted by atomic mass is 16.6. The molecule has 1 saturated heterocycles. The number of benzene rings is 3. The Hall–Kier alpha value is -4.21. The number of amides is 2. The van der Waals surface area contributed by atoms with Gasteiger partial charge in [0, 0.05) is 6.42 Å². The molecule has 9 nitrogen and oxygen atoms in total. The second-order valence-electron chi connectivity index (χ2n) is 9.85. The Morgan fingerprint density at radius 1 is 0.829 bits per heavy atom. The first-order valence-corrected chi connectivity index (χ1v) is 13.8. The van der Waals surface area contributed by atoms with Gasteiger partial charge in [-0.2, -0.15) is 0 Å². The molecule has 4 rings (SSSR count). The number of carbonyl (C=O) groups excluding carboxylic acids is 3. The summed E-state index contributed by atoms with van der Waals surface area (Å²) in [4.78, 5) is 38.5. The highest BCUT2D eigenvalue weighted by Crippen LogP contribution is 2.29. The lowest BCUT2D eigenvalue weighted by Crippen LogP contribution is -2.54. The van der Waals surface area contributed by atoms with Gasteiger partial charge < -0.3 is 30.0 Å². The Morgan fingerprint density at radius 2 is 1.41 bits per heavy atom. The van der Waals surface area contributed by atoms with Crippen molar-refractivity contribution in [1.82, 2.24) is 10.6 Å². The van der Waals surface area contributed by atoms with Crippen LogP contribution in [0, 0.1) is 0 Å². The number of hydrogen-bond acceptors (Lipinski definition) is 7. The Bertz CT molecular complexity index is 1260. The molecule has 3 aromatic carbocycles. The van der Waals surface area contributed by atoms with E-state index in [9.17, 15) is 19.5 Å². The lowest BCUT2D eigenvalue weighted by Gasteiger charge is -2.26. The molecular weight excluding hydrogens is 524 g/mol. The topological polar surface area (TPSA) is 126 Å². The van der Waals surface area contributed by atoms with Gasteiger partial charge in [-0.15, -0.1) is 0 Å². The van der Waals surface area contributed by atoms with Gasteiger partial charge in [0.05, 0.1) is 12.6 Å². The molecule has 0 saturated carbocycles. The normalized spacial score (nSPS) is 17.9. The first-order chi connectivity index (χ1) is 19.9. The number of hydrogen-bond donors (Lipinski definition) is 3. The number of nitrogens with one attached hydrogen (secondary N) is 2. The lowest BCUT2D eigenvalue weighted by atomic mass is 9.97. The van der Waals surface area contributed by atoms with Gasteiger partial charge in [-0.1, -0.05) is 91.0 Å². The minimum Gasteiger partial charge on any atom is -0.464 e. The van der Waals surface area contributed by atoms with E-state index in [0.29, 0.717) is 12.8 Å². The fraction of sp³-hybridized carbons (Fsp3) is 0.344. The second-order valence-corrected chi connectivity index (χ2v) is 9.85. The van der Waals surface area contributed by atoms with E-state index in [2.05, 4.69) is 10.6 Å². The van der Waals surface area contributed by atoms with Crippen LogP contribution < -0.4 is 10.6 Å².